The third-order valence-electron chi connectivity index (χ3n) is 3.88. The average Bonchev–Trinajstić information content (AvgIpc) is 2.54. The summed E-state index contributed by atoms with van der Waals surface area (Å²) in [5.41, 5.74) is 1.15. The van der Waals surface area contributed by atoms with Crippen molar-refractivity contribution in [2.45, 2.75) is 13.0 Å². The zero-order valence-corrected chi connectivity index (χ0v) is 12.8. The molecule has 1 aliphatic rings. The first-order chi connectivity index (χ1) is 10.3. The summed E-state index contributed by atoms with van der Waals surface area (Å²) in [6.45, 7) is 5.83. The minimum absolute atomic E-state index is 0.615. The zero-order chi connectivity index (χ0) is 15.1. The molecule has 0 radical (unpaired) electrons. The van der Waals surface area contributed by atoms with Gasteiger partial charge >= 0.3 is 0 Å². The Labute approximate surface area is 126 Å². The fraction of sp³-hybridized carbons (Fsp3) is 0.562. The first-order valence-electron chi connectivity index (χ1n) is 7.30. The van der Waals surface area contributed by atoms with E-state index in [9.17, 15) is 0 Å². The van der Waals surface area contributed by atoms with E-state index in [4.69, 9.17) is 14.7 Å². The lowest BCUT2D eigenvalue weighted by molar-refractivity contribution is 0.128. The molecule has 0 atom stereocenters. The summed E-state index contributed by atoms with van der Waals surface area (Å²) in [6, 6.07) is 8.21. The molecule has 1 fully saturated rings. The number of ether oxygens (including phenoxy) is 2. The summed E-state index contributed by atoms with van der Waals surface area (Å²) in [6.07, 6.45) is 0.615. The van der Waals surface area contributed by atoms with Crippen LogP contribution in [-0.4, -0.2) is 56.7 Å². The second-order valence-corrected chi connectivity index (χ2v) is 5.18. The first kappa shape index (κ1) is 15.6. The Hall–Kier alpha value is -1.77. The van der Waals surface area contributed by atoms with Crippen LogP contribution in [0.5, 0.6) is 11.5 Å². The highest BCUT2D eigenvalue weighted by Crippen LogP contribution is 2.31. The van der Waals surface area contributed by atoms with Crippen molar-refractivity contribution in [1.82, 2.24) is 9.80 Å². The molecule has 0 amide bonds. The Morgan fingerprint density at radius 1 is 1.10 bits per heavy atom. The van der Waals surface area contributed by atoms with Crippen molar-refractivity contribution in [3.8, 4) is 17.6 Å². The van der Waals surface area contributed by atoms with Gasteiger partial charge in [0.1, 0.15) is 0 Å². The van der Waals surface area contributed by atoms with E-state index in [1.54, 1.807) is 14.2 Å². The van der Waals surface area contributed by atoms with Crippen LogP contribution < -0.4 is 9.47 Å². The molecule has 2 rings (SSSR count). The van der Waals surface area contributed by atoms with Crippen molar-refractivity contribution in [3.63, 3.8) is 0 Å². The molecule has 0 N–H and O–H groups in total. The van der Waals surface area contributed by atoms with Crippen LogP contribution in [0.15, 0.2) is 18.2 Å². The van der Waals surface area contributed by atoms with Gasteiger partial charge in [0, 0.05) is 51.3 Å². The third-order valence-corrected chi connectivity index (χ3v) is 3.88. The summed E-state index contributed by atoms with van der Waals surface area (Å²) in [7, 11) is 3.34. The van der Waals surface area contributed by atoms with E-state index >= 15 is 0 Å². The molecule has 0 saturated carbocycles. The number of nitriles is 1. The van der Waals surface area contributed by atoms with Gasteiger partial charge in [0.25, 0.3) is 0 Å². The monoisotopic (exact) mass is 289 g/mol. The molecule has 21 heavy (non-hydrogen) atoms. The van der Waals surface area contributed by atoms with Gasteiger partial charge in [0.2, 0.25) is 0 Å². The Balaban J connectivity index is 1.93. The fourth-order valence-corrected chi connectivity index (χ4v) is 2.70. The third kappa shape index (κ3) is 4.10. The largest absolute Gasteiger partial charge is 0.493 e. The van der Waals surface area contributed by atoms with E-state index in [0.717, 1.165) is 56.3 Å². The van der Waals surface area contributed by atoms with Crippen molar-refractivity contribution in [2.24, 2.45) is 0 Å². The van der Waals surface area contributed by atoms with E-state index in [1.807, 2.05) is 12.1 Å². The summed E-state index contributed by atoms with van der Waals surface area (Å²) in [5.74, 6) is 1.61. The van der Waals surface area contributed by atoms with Crippen molar-refractivity contribution in [1.29, 1.82) is 5.26 Å². The number of hydrogen-bond acceptors (Lipinski definition) is 5. The fourth-order valence-electron chi connectivity index (χ4n) is 2.70. The van der Waals surface area contributed by atoms with Crippen LogP contribution in [0.4, 0.5) is 0 Å². The molecule has 0 aliphatic carbocycles. The van der Waals surface area contributed by atoms with Gasteiger partial charge < -0.3 is 9.47 Å². The standard InChI is InChI=1S/C16H23N3O2/c1-20-15-6-3-5-14(16(15)21-2)13-19-11-9-18(10-12-19)8-4-7-17/h3,5-6H,4,8-13H2,1-2H3. The molecule has 5 nitrogen and oxygen atoms in total. The van der Waals surface area contributed by atoms with Gasteiger partial charge in [-0.2, -0.15) is 5.26 Å². The number of hydrogen-bond donors (Lipinski definition) is 0. The first-order valence-corrected chi connectivity index (χ1v) is 7.30. The predicted molar refractivity (Wildman–Crippen MR) is 81.5 cm³/mol. The highest BCUT2D eigenvalue weighted by molar-refractivity contribution is 5.46. The second-order valence-electron chi connectivity index (χ2n) is 5.18. The van der Waals surface area contributed by atoms with Crippen molar-refractivity contribution in [2.75, 3.05) is 46.9 Å². The molecule has 0 aromatic heterocycles. The molecular formula is C16H23N3O2. The van der Waals surface area contributed by atoms with E-state index in [0.29, 0.717) is 6.42 Å². The summed E-state index contributed by atoms with van der Waals surface area (Å²) in [4.78, 5) is 4.77. The van der Waals surface area contributed by atoms with E-state index in [2.05, 4.69) is 21.9 Å². The number of benzene rings is 1. The van der Waals surface area contributed by atoms with Crippen molar-refractivity contribution in [3.05, 3.63) is 23.8 Å². The summed E-state index contributed by atoms with van der Waals surface area (Å²) >= 11 is 0. The van der Waals surface area contributed by atoms with Crippen molar-refractivity contribution >= 4 is 0 Å². The lowest BCUT2D eigenvalue weighted by atomic mass is 10.1. The molecule has 0 spiro atoms. The zero-order valence-electron chi connectivity index (χ0n) is 12.8. The Kier molecular flexibility index (Phi) is 5.85. The number of rotatable bonds is 6. The van der Waals surface area contributed by atoms with Crippen LogP contribution >= 0.6 is 0 Å². The molecule has 1 aliphatic heterocycles. The number of nitrogens with zero attached hydrogens (tertiary/aromatic N) is 3. The SMILES string of the molecule is COc1cccc(CN2CCN(CCC#N)CC2)c1OC. The van der Waals surface area contributed by atoms with Crippen LogP contribution in [0, 0.1) is 11.3 Å². The highest BCUT2D eigenvalue weighted by atomic mass is 16.5. The number of methoxy groups -OCH3 is 2. The molecule has 1 saturated heterocycles. The molecule has 1 aromatic carbocycles. The highest BCUT2D eigenvalue weighted by Gasteiger charge is 2.18. The van der Waals surface area contributed by atoms with Gasteiger partial charge in [0.05, 0.1) is 20.3 Å². The lowest BCUT2D eigenvalue weighted by Crippen LogP contribution is -2.46. The molecule has 1 aromatic rings. The van der Waals surface area contributed by atoms with Gasteiger partial charge in [-0.3, -0.25) is 9.80 Å². The maximum atomic E-state index is 8.64. The Morgan fingerprint density at radius 3 is 2.43 bits per heavy atom. The van der Waals surface area contributed by atoms with E-state index in [1.165, 1.54) is 0 Å². The van der Waals surface area contributed by atoms with Gasteiger partial charge in [-0.15, -0.1) is 0 Å². The summed E-state index contributed by atoms with van der Waals surface area (Å²) in [5, 5.41) is 8.64. The maximum Gasteiger partial charge on any atom is 0.165 e. The minimum Gasteiger partial charge on any atom is -0.493 e. The Morgan fingerprint density at radius 2 is 1.81 bits per heavy atom. The van der Waals surface area contributed by atoms with Crippen LogP contribution in [0.3, 0.4) is 0 Å². The molecule has 1 heterocycles. The van der Waals surface area contributed by atoms with Gasteiger partial charge in [0.15, 0.2) is 11.5 Å². The van der Waals surface area contributed by atoms with Crippen LogP contribution in [-0.2, 0) is 6.54 Å². The molecule has 5 heteroatoms. The quantitative estimate of drug-likeness (QED) is 0.798. The maximum absolute atomic E-state index is 8.64. The summed E-state index contributed by atoms with van der Waals surface area (Å²) < 4.78 is 10.8. The van der Waals surface area contributed by atoms with Crippen LogP contribution in [0.2, 0.25) is 0 Å². The molecule has 0 unspecified atom stereocenters. The van der Waals surface area contributed by atoms with Crippen LogP contribution in [0.1, 0.15) is 12.0 Å². The molecule has 114 valence electrons. The van der Waals surface area contributed by atoms with E-state index in [-0.39, 0.29) is 0 Å². The van der Waals surface area contributed by atoms with Crippen molar-refractivity contribution < 1.29 is 9.47 Å². The molecular weight excluding hydrogens is 266 g/mol. The predicted octanol–water partition coefficient (Wildman–Crippen LogP) is 1.74. The van der Waals surface area contributed by atoms with Gasteiger partial charge in [-0.25, -0.2) is 0 Å². The van der Waals surface area contributed by atoms with Gasteiger partial charge in [-0.05, 0) is 6.07 Å². The molecule has 0 bridgehead atoms. The topological polar surface area (TPSA) is 48.7 Å². The Bertz CT molecular complexity index is 491. The number of para-hydroxylation sites is 1. The average molecular weight is 289 g/mol. The van der Waals surface area contributed by atoms with Gasteiger partial charge in [-0.1, -0.05) is 12.1 Å². The number of piperazine rings is 1. The van der Waals surface area contributed by atoms with E-state index < -0.39 is 0 Å². The normalized spacial score (nSPS) is 16.4. The second kappa shape index (κ2) is 7.87. The lowest BCUT2D eigenvalue weighted by Gasteiger charge is -2.34. The van der Waals surface area contributed by atoms with Crippen LogP contribution in [0.25, 0.3) is 0 Å². The smallest absolute Gasteiger partial charge is 0.165 e. The minimum atomic E-state index is 0.615.